The molecular weight excluding hydrogens is 447 g/mol. The van der Waals surface area contributed by atoms with Crippen LogP contribution in [0.3, 0.4) is 0 Å². The second-order valence-corrected chi connectivity index (χ2v) is 6.13. The molecule has 2 rings (SSSR count). The van der Waals surface area contributed by atoms with E-state index in [-0.39, 0.29) is 29.7 Å². The van der Waals surface area contributed by atoms with E-state index in [1.807, 2.05) is 12.1 Å². The van der Waals surface area contributed by atoms with Crippen LogP contribution in [0.5, 0.6) is 0 Å². The molecule has 0 unspecified atom stereocenters. The minimum Gasteiger partial charge on any atom is -0.467 e. The zero-order valence-electron chi connectivity index (χ0n) is 15.0. The zero-order valence-corrected chi connectivity index (χ0v) is 17.3. The Labute approximate surface area is 170 Å². The van der Waals surface area contributed by atoms with E-state index < -0.39 is 4.92 Å². The van der Waals surface area contributed by atoms with Crippen molar-refractivity contribution >= 4 is 35.6 Å². The largest absolute Gasteiger partial charge is 0.467 e. The standard InChI is InChI=1S/C18H24N4O3.HI/c1-14(2)9-10-19-18(21-13-17-4-3-11-25-17)20-12-15-5-7-16(8-6-15)22(23)24;/h3-8,11,14H,9-10,12-13H2,1-2H3,(H2,19,20,21);1H. The van der Waals surface area contributed by atoms with Gasteiger partial charge in [-0.05, 0) is 30.0 Å². The van der Waals surface area contributed by atoms with Crippen LogP contribution in [0, 0.1) is 16.0 Å². The Morgan fingerprint density at radius 3 is 2.54 bits per heavy atom. The number of nitrogens with zero attached hydrogens (tertiary/aromatic N) is 2. The molecule has 1 aromatic carbocycles. The first-order valence-electron chi connectivity index (χ1n) is 8.32. The monoisotopic (exact) mass is 472 g/mol. The predicted octanol–water partition coefficient (Wildman–Crippen LogP) is 4.09. The van der Waals surface area contributed by atoms with E-state index in [1.165, 1.54) is 12.1 Å². The number of nitro groups is 1. The molecule has 0 aliphatic carbocycles. The van der Waals surface area contributed by atoms with E-state index >= 15 is 0 Å². The number of hydrogen-bond acceptors (Lipinski definition) is 4. The number of non-ortho nitro benzene ring substituents is 1. The Kier molecular flexibility index (Phi) is 9.71. The molecule has 8 heteroatoms. The summed E-state index contributed by atoms with van der Waals surface area (Å²) < 4.78 is 5.32. The van der Waals surface area contributed by atoms with Gasteiger partial charge in [0.15, 0.2) is 5.96 Å². The van der Waals surface area contributed by atoms with Gasteiger partial charge in [0.25, 0.3) is 5.69 Å². The van der Waals surface area contributed by atoms with Gasteiger partial charge in [0.05, 0.1) is 24.3 Å². The van der Waals surface area contributed by atoms with Crippen molar-refractivity contribution in [2.24, 2.45) is 10.9 Å². The van der Waals surface area contributed by atoms with Crippen molar-refractivity contribution in [2.75, 3.05) is 6.54 Å². The van der Waals surface area contributed by atoms with Gasteiger partial charge >= 0.3 is 0 Å². The lowest BCUT2D eigenvalue weighted by molar-refractivity contribution is -0.384. The Bertz CT molecular complexity index is 685. The minimum absolute atomic E-state index is 0. The maximum atomic E-state index is 10.7. The summed E-state index contributed by atoms with van der Waals surface area (Å²) in [7, 11) is 0. The highest BCUT2D eigenvalue weighted by Gasteiger charge is 2.05. The van der Waals surface area contributed by atoms with E-state index in [1.54, 1.807) is 18.4 Å². The molecule has 1 heterocycles. The van der Waals surface area contributed by atoms with E-state index in [9.17, 15) is 10.1 Å². The maximum absolute atomic E-state index is 10.7. The third kappa shape index (κ3) is 7.85. The lowest BCUT2D eigenvalue weighted by Gasteiger charge is -2.13. The first-order chi connectivity index (χ1) is 12.0. The van der Waals surface area contributed by atoms with Crippen LogP contribution in [0.4, 0.5) is 5.69 Å². The van der Waals surface area contributed by atoms with Crippen molar-refractivity contribution in [2.45, 2.75) is 33.4 Å². The van der Waals surface area contributed by atoms with Crippen molar-refractivity contribution in [1.82, 2.24) is 10.6 Å². The van der Waals surface area contributed by atoms with E-state index in [0.29, 0.717) is 25.0 Å². The summed E-state index contributed by atoms with van der Waals surface area (Å²) in [6, 6.07) is 10.2. The molecule has 0 bridgehead atoms. The Morgan fingerprint density at radius 2 is 1.96 bits per heavy atom. The fourth-order valence-corrected chi connectivity index (χ4v) is 2.13. The molecule has 142 valence electrons. The Hall–Kier alpha value is -2.10. The van der Waals surface area contributed by atoms with Crippen molar-refractivity contribution in [3.8, 4) is 0 Å². The van der Waals surface area contributed by atoms with E-state index in [4.69, 9.17) is 4.42 Å². The highest BCUT2D eigenvalue weighted by Crippen LogP contribution is 2.12. The lowest BCUT2D eigenvalue weighted by atomic mass is 10.1. The quantitative estimate of drug-likeness (QED) is 0.199. The summed E-state index contributed by atoms with van der Waals surface area (Å²) in [4.78, 5) is 14.8. The number of aliphatic imine (C=N–C) groups is 1. The molecular formula is C18H25IN4O3. The molecule has 0 aliphatic rings. The Morgan fingerprint density at radius 1 is 1.23 bits per heavy atom. The van der Waals surface area contributed by atoms with Crippen molar-refractivity contribution in [3.63, 3.8) is 0 Å². The smallest absolute Gasteiger partial charge is 0.269 e. The fraction of sp³-hybridized carbons (Fsp3) is 0.389. The fourth-order valence-electron chi connectivity index (χ4n) is 2.13. The molecule has 0 spiro atoms. The summed E-state index contributed by atoms with van der Waals surface area (Å²) in [5, 5.41) is 17.2. The average Bonchev–Trinajstić information content (AvgIpc) is 3.10. The van der Waals surface area contributed by atoms with Crippen LogP contribution in [0.15, 0.2) is 52.1 Å². The van der Waals surface area contributed by atoms with Crippen LogP contribution in [0.1, 0.15) is 31.6 Å². The normalized spacial score (nSPS) is 11.1. The van der Waals surface area contributed by atoms with E-state index in [0.717, 1.165) is 24.3 Å². The van der Waals surface area contributed by atoms with Gasteiger partial charge in [-0.1, -0.05) is 26.0 Å². The van der Waals surface area contributed by atoms with Crippen molar-refractivity contribution < 1.29 is 9.34 Å². The zero-order chi connectivity index (χ0) is 18.1. The van der Waals surface area contributed by atoms with Crippen LogP contribution >= 0.6 is 24.0 Å². The summed E-state index contributed by atoms with van der Waals surface area (Å²) >= 11 is 0. The first-order valence-corrected chi connectivity index (χ1v) is 8.32. The molecule has 7 nitrogen and oxygen atoms in total. The van der Waals surface area contributed by atoms with Crippen LogP contribution in [-0.2, 0) is 13.1 Å². The number of halogens is 1. The highest BCUT2D eigenvalue weighted by molar-refractivity contribution is 14.0. The summed E-state index contributed by atoms with van der Waals surface area (Å²) in [6.45, 7) is 6.15. The van der Waals surface area contributed by atoms with Crippen LogP contribution in [0.2, 0.25) is 0 Å². The molecule has 2 aromatic rings. The van der Waals surface area contributed by atoms with Gasteiger partial charge in [-0.15, -0.1) is 24.0 Å². The van der Waals surface area contributed by atoms with Gasteiger partial charge < -0.3 is 15.1 Å². The second-order valence-electron chi connectivity index (χ2n) is 6.13. The van der Waals surface area contributed by atoms with Crippen molar-refractivity contribution in [1.29, 1.82) is 0 Å². The van der Waals surface area contributed by atoms with Crippen molar-refractivity contribution in [3.05, 3.63) is 64.1 Å². The number of rotatable bonds is 8. The second kappa shape index (κ2) is 11.5. The third-order valence-electron chi connectivity index (χ3n) is 3.59. The van der Waals surface area contributed by atoms with Crippen LogP contribution in [0.25, 0.3) is 0 Å². The predicted molar refractivity (Wildman–Crippen MR) is 113 cm³/mol. The molecule has 2 N–H and O–H groups in total. The summed E-state index contributed by atoms with van der Waals surface area (Å²) in [5.41, 5.74) is 0.993. The SMILES string of the molecule is CC(C)CCNC(=NCc1ccc([N+](=O)[O-])cc1)NCc1ccco1.I. The number of nitro benzene ring substituents is 1. The number of furan rings is 1. The number of hydrogen-bond donors (Lipinski definition) is 2. The lowest BCUT2D eigenvalue weighted by Crippen LogP contribution is -2.37. The molecule has 0 saturated heterocycles. The molecule has 1 aromatic heterocycles. The molecule has 0 atom stereocenters. The average molecular weight is 472 g/mol. The topological polar surface area (TPSA) is 92.7 Å². The molecule has 0 saturated carbocycles. The van der Waals surface area contributed by atoms with Gasteiger partial charge in [-0.2, -0.15) is 0 Å². The summed E-state index contributed by atoms with van der Waals surface area (Å²) in [6.07, 6.45) is 2.68. The number of guanidine groups is 1. The van der Waals surface area contributed by atoms with Gasteiger partial charge in [-0.25, -0.2) is 4.99 Å². The minimum atomic E-state index is -0.406. The van der Waals surface area contributed by atoms with Gasteiger partial charge in [-0.3, -0.25) is 10.1 Å². The molecule has 0 amide bonds. The Balaban J connectivity index is 0.00000338. The molecule has 0 aliphatic heterocycles. The first kappa shape index (κ1) is 21.9. The highest BCUT2D eigenvalue weighted by atomic mass is 127. The molecule has 0 fully saturated rings. The van der Waals surface area contributed by atoms with Crippen LogP contribution in [-0.4, -0.2) is 17.4 Å². The maximum Gasteiger partial charge on any atom is 0.269 e. The number of nitrogens with one attached hydrogen (secondary N) is 2. The molecule has 26 heavy (non-hydrogen) atoms. The van der Waals surface area contributed by atoms with Gasteiger partial charge in [0.1, 0.15) is 5.76 Å². The third-order valence-corrected chi connectivity index (χ3v) is 3.59. The van der Waals surface area contributed by atoms with Gasteiger partial charge in [0.2, 0.25) is 0 Å². The van der Waals surface area contributed by atoms with E-state index in [2.05, 4.69) is 29.5 Å². The summed E-state index contributed by atoms with van der Waals surface area (Å²) in [5.74, 6) is 2.12. The van der Waals surface area contributed by atoms with Crippen LogP contribution < -0.4 is 10.6 Å². The molecule has 0 radical (unpaired) electrons. The number of benzene rings is 1. The van der Waals surface area contributed by atoms with Gasteiger partial charge in [0, 0.05) is 18.7 Å².